The van der Waals surface area contributed by atoms with Crippen LogP contribution >= 0.6 is 15.9 Å². The third-order valence-corrected chi connectivity index (χ3v) is 4.45. The number of nitrogens with zero attached hydrogens (tertiary/aromatic N) is 1. The standard InChI is InChI=1S/C17H15BrN2/c18-15-8-4-10-17(14(15)11-19)20-16-9-3-6-12-5-1-2-7-13(12)16/h3-4,6,8-10,20H,1-2,5,7H2. The van der Waals surface area contributed by atoms with Crippen molar-refractivity contribution >= 4 is 27.3 Å². The molecule has 0 fully saturated rings. The fraction of sp³-hybridized carbons (Fsp3) is 0.235. The summed E-state index contributed by atoms with van der Waals surface area (Å²) in [7, 11) is 0. The van der Waals surface area contributed by atoms with Crippen LogP contribution in [0.4, 0.5) is 11.4 Å². The second-order valence-electron chi connectivity index (χ2n) is 5.05. The Morgan fingerprint density at radius 3 is 2.60 bits per heavy atom. The molecular formula is C17H15BrN2. The Labute approximate surface area is 127 Å². The van der Waals surface area contributed by atoms with Crippen LogP contribution in [0.2, 0.25) is 0 Å². The number of aryl methyl sites for hydroxylation is 1. The zero-order valence-corrected chi connectivity index (χ0v) is 12.7. The topological polar surface area (TPSA) is 35.8 Å². The quantitative estimate of drug-likeness (QED) is 0.848. The van der Waals surface area contributed by atoms with Crippen LogP contribution in [0.25, 0.3) is 0 Å². The van der Waals surface area contributed by atoms with Crippen LogP contribution in [0.15, 0.2) is 40.9 Å². The first-order valence-electron chi connectivity index (χ1n) is 6.86. The van der Waals surface area contributed by atoms with Gasteiger partial charge in [0, 0.05) is 10.2 Å². The summed E-state index contributed by atoms with van der Waals surface area (Å²) in [5.74, 6) is 0. The van der Waals surface area contributed by atoms with Gasteiger partial charge in [-0.05, 0) is 70.9 Å². The molecule has 100 valence electrons. The van der Waals surface area contributed by atoms with E-state index in [4.69, 9.17) is 0 Å². The summed E-state index contributed by atoms with van der Waals surface area (Å²) in [4.78, 5) is 0. The molecule has 0 aliphatic heterocycles. The molecule has 0 saturated heterocycles. The number of nitrogens with one attached hydrogen (secondary N) is 1. The average Bonchev–Trinajstić information content (AvgIpc) is 2.48. The molecule has 0 aromatic heterocycles. The summed E-state index contributed by atoms with van der Waals surface area (Å²) in [6.45, 7) is 0. The van der Waals surface area contributed by atoms with Crippen LogP contribution in [0.3, 0.4) is 0 Å². The number of anilines is 2. The van der Waals surface area contributed by atoms with Crippen molar-refractivity contribution in [2.24, 2.45) is 0 Å². The van der Waals surface area contributed by atoms with Crippen molar-refractivity contribution in [1.82, 2.24) is 0 Å². The third-order valence-electron chi connectivity index (χ3n) is 3.79. The van der Waals surface area contributed by atoms with Gasteiger partial charge in [0.1, 0.15) is 6.07 Å². The maximum atomic E-state index is 9.30. The lowest BCUT2D eigenvalue weighted by Crippen LogP contribution is -2.06. The Kier molecular flexibility index (Phi) is 3.75. The van der Waals surface area contributed by atoms with Crippen LogP contribution < -0.4 is 5.32 Å². The molecule has 3 rings (SSSR count). The number of hydrogen-bond acceptors (Lipinski definition) is 2. The number of nitriles is 1. The Morgan fingerprint density at radius 1 is 1.00 bits per heavy atom. The molecule has 2 aromatic rings. The summed E-state index contributed by atoms with van der Waals surface area (Å²) in [5.41, 5.74) is 5.50. The van der Waals surface area contributed by atoms with E-state index in [0.717, 1.165) is 28.7 Å². The van der Waals surface area contributed by atoms with Crippen molar-refractivity contribution in [2.75, 3.05) is 5.32 Å². The average molecular weight is 327 g/mol. The van der Waals surface area contributed by atoms with E-state index in [-0.39, 0.29) is 0 Å². The van der Waals surface area contributed by atoms with E-state index in [2.05, 4.69) is 45.5 Å². The first kappa shape index (κ1) is 13.2. The van der Waals surface area contributed by atoms with Gasteiger partial charge in [0.05, 0.1) is 11.3 Å². The lowest BCUT2D eigenvalue weighted by Gasteiger charge is -2.20. The van der Waals surface area contributed by atoms with Crippen molar-refractivity contribution in [3.05, 3.63) is 57.6 Å². The van der Waals surface area contributed by atoms with Gasteiger partial charge in [-0.1, -0.05) is 18.2 Å². The SMILES string of the molecule is N#Cc1c(Br)cccc1Nc1cccc2c1CCCC2. The van der Waals surface area contributed by atoms with Gasteiger partial charge in [0.15, 0.2) is 0 Å². The van der Waals surface area contributed by atoms with Gasteiger partial charge in [-0.25, -0.2) is 0 Å². The third kappa shape index (κ3) is 2.44. The minimum Gasteiger partial charge on any atom is -0.354 e. The first-order chi connectivity index (χ1) is 9.79. The van der Waals surface area contributed by atoms with Gasteiger partial charge in [-0.2, -0.15) is 5.26 Å². The fourth-order valence-corrected chi connectivity index (χ4v) is 3.24. The lowest BCUT2D eigenvalue weighted by molar-refractivity contribution is 0.687. The van der Waals surface area contributed by atoms with Crippen molar-refractivity contribution < 1.29 is 0 Å². The Balaban J connectivity index is 2.01. The molecule has 0 unspecified atom stereocenters. The summed E-state index contributed by atoms with van der Waals surface area (Å²) in [5, 5.41) is 12.7. The largest absolute Gasteiger partial charge is 0.354 e. The summed E-state index contributed by atoms with van der Waals surface area (Å²) in [6.07, 6.45) is 4.80. The van der Waals surface area contributed by atoms with E-state index in [0.29, 0.717) is 5.56 Å². The van der Waals surface area contributed by atoms with E-state index in [1.807, 2.05) is 18.2 Å². The maximum absolute atomic E-state index is 9.30. The smallest absolute Gasteiger partial charge is 0.103 e. The molecule has 0 atom stereocenters. The predicted molar refractivity (Wildman–Crippen MR) is 85.2 cm³/mol. The van der Waals surface area contributed by atoms with E-state index in [9.17, 15) is 5.26 Å². The van der Waals surface area contributed by atoms with Crippen molar-refractivity contribution in [1.29, 1.82) is 5.26 Å². The van der Waals surface area contributed by atoms with E-state index >= 15 is 0 Å². The molecule has 1 aliphatic rings. The molecule has 2 nitrogen and oxygen atoms in total. The number of halogens is 1. The summed E-state index contributed by atoms with van der Waals surface area (Å²) >= 11 is 3.43. The van der Waals surface area contributed by atoms with Crippen LogP contribution in [-0.2, 0) is 12.8 Å². The van der Waals surface area contributed by atoms with Gasteiger partial charge in [0.25, 0.3) is 0 Å². The van der Waals surface area contributed by atoms with Crippen LogP contribution in [0.1, 0.15) is 29.5 Å². The van der Waals surface area contributed by atoms with Gasteiger partial charge in [-0.15, -0.1) is 0 Å². The second kappa shape index (κ2) is 5.68. The molecule has 0 saturated carbocycles. The number of fused-ring (bicyclic) bond motifs is 1. The maximum Gasteiger partial charge on any atom is 0.103 e. The van der Waals surface area contributed by atoms with E-state index < -0.39 is 0 Å². The number of benzene rings is 2. The molecule has 2 aromatic carbocycles. The number of hydrogen-bond donors (Lipinski definition) is 1. The van der Waals surface area contributed by atoms with Crippen LogP contribution in [0.5, 0.6) is 0 Å². The van der Waals surface area contributed by atoms with Gasteiger partial charge >= 0.3 is 0 Å². The Morgan fingerprint density at radius 2 is 1.75 bits per heavy atom. The molecule has 0 amide bonds. The highest BCUT2D eigenvalue weighted by Crippen LogP contribution is 2.32. The zero-order chi connectivity index (χ0) is 13.9. The lowest BCUT2D eigenvalue weighted by atomic mass is 9.90. The zero-order valence-electron chi connectivity index (χ0n) is 11.1. The summed E-state index contributed by atoms with van der Waals surface area (Å²) < 4.78 is 0.829. The molecule has 0 bridgehead atoms. The van der Waals surface area contributed by atoms with Gasteiger partial charge in [-0.3, -0.25) is 0 Å². The number of rotatable bonds is 2. The molecule has 0 spiro atoms. The minimum atomic E-state index is 0.654. The summed E-state index contributed by atoms with van der Waals surface area (Å²) in [6, 6.07) is 14.5. The molecule has 1 N–H and O–H groups in total. The fourth-order valence-electron chi connectivity index (χ4n) is 2.79. The first-order valence-corrected chi connectivity index (χ1v) is 7.65. The highest BCUT2D eigenvalue weighted by Gasteiger charge is 2.14. The molecular weight excluding hydrogens is 312 g/mol. The Hall–Kier alpha value is -1.79. The van der Waals surface area contributed by atoms with E-state index in [1.54, 1.807) is 0 Å². The van der Waals surface area contributed by atoms with Crippen molar-refractivity contribution in [2.45, 2.75) is 25.7 Å². The minimum absolute atomic E-state index is 0.654. The highest BCUT2D eigenvalue weighted by molar-refractivity contribution is 9.10. The van der Waals surface area contributed by atoms with Crippen molar-refractivity contribution in [3.63, 3.8) is 0 Å². The second-order valence-corrected chi connectivity index (χ2v) is 5.90. The monoisotopic (exact) mass is 326 g/mol. The molecule has 1 aliphatic carbocycles. The van der Waals surface area contributed by atoms with Gasteiger partial charge in [0.2, 0.25) is 0 Å². The van der Waals surface area contributed by atoms with Gasteiger partial charge < -0.3 is 5.32 Å². The molecule has 0 heterocycles. The highest BCUT2D eigenvalue weighted by atomic mass is 79.9. The van der Waals surface area contributed by atoms with Crippen LogP contribution in [0, 0.1) is 11.3 Å². The Bertz CT molecular complexity index is 686. The molecule has 20 heavy (non-hydrogen) atoms. The molecule has 3 heteroatoms. The van der Waals surface area contributed by atoms with E-state index in [1.165, 1.54) is 24.0 Å². The van der Waals surface area contributed by atoms with Crippen LogP contribution in [-0.4, -0.2) is 0 Å². The molecule has 0 radical (unpaired) electrons. The normalized spacial score (nSPS) is 13.4. The predicted octanol–water partition coefficient (Wildman–Crippen LogP) is 4.94. The van der Waals surface area contributed by atoms with Crippen molar-refractivity contribution in [3.8, 4) is 6.07 Å².